The normalized spacial score (nSPS) is 22.6. The van der Waals surface area contributed by atoms with Crippen molar-refractivity contribution in [2.75, 3.05) is 25.0 Å². The molecule has 4 rings (SSSR count). The number of aromatic nitrogens is 1. The molecule has 0 saturated carbocycles. The molecule has 4 heterocycles. The fourth-order valence-electron chi connectivity index (χ4n) is 4.44. The highest BCUT2D eigenvalue weighted by Crippen LogP contribution is 2.33. The summed E-state index contributed by atoms with van der Waals surface area (Å²) >= 11 is 0. The second kappa shape index (κ2) is 10.3. The summed E-state index contributed by atoms with van der Waals surface area (Å²) in [5.41, 5.74) is 1.50. The fraction of sp³-hybridized carbons (Fsp3) is 0.522. The molecule has 196 valence electrons. The summed E-state index contributed by atoms with van der Waals surface area (Å²) in [4.78, 5) is 33.6. The highest BCUT2D eigenvalue weighted by atomic mass is 19.4. The van der Waals surface area contributed by atoms with Gasteiger partial charge in [0, 0.05) is 19.3 Å². The minimum absolute atomic E-state index is 0.191. The maximum Gasteiger partial charge on any atom is 0.408 e. The lowest BCUT2D eigenvalue weighted by Gasteiger charge is -2.41. The number of aryl methyl sites for hydroxylation is 1. The zero-order valence-corrected chi connectivity index (χ0v) is 19.6. The number of amides is 3. The maximum absolute atomic E-state index is 13.4. The van der Waals surface area contributed by atoms with Crippen molar-refractivity contribution in [3.8, 4) is 0 Å². The van der Waals surface area contributed by atoms with Crippen LogP contribution in [0.5, 0.6) is 0 Å². The Hall–Kier alpha value is -3.32. The predicted molar refractivity (Wildman–Crippen MR) is 123 cm³/mol. The van der Waals surface area contributed by atoms with Gasteiger partial charge in [0.15, 0.2) is 0 Å². The number of carbonyl (C=O) groups excluding carboxylic acids is 2. The number of urea groups is 1. The van der Waals surface area contributed by atoms with Gasteiger partial charge in [-0.05, 0) is 50.0 Å². The summed E-state index contributed by atoms with van der Waals surface area (Å²) in [7, 11) is 0. The van der Waals surface area contributed by atoms with Crippen molar-refractivity contribution in [1.82, 2.24) is 25.4 Å². The SMILES string of the molecule is C[C@@H](NC(=O)C1C=CC2=C(N1)N(C(=O)Nc1cc(CCC(O)CO)ccn1)[C@H]1CCN2C1)C(F)(F)F. The number of fused-ring (bicyclic) bond motifs is 3. The lowest BCUT2D eigenvalue weighted by atomic mass is 10.1. The van der Waals surface area contributed by atoms with Crippen molar-refractivity contribution in [2.45, 2.75) is 56.6 Å². The quantitative estimate of drug-likeness (QED) is 0.371. The number of carbonyl (C=O) groups is 2. The van der Waals surface area contributed by atoms with E-state index in [-0.39, 0.29) is 12.6 Å². The van der Waals surface area contributed by atoms with Crippen molar-refractivity contribution in [3.05, 3.63) is 47.6 Å². The molecule has 0 spiro atoms. The van der Waals surface area contributed by atoms with E-state index in [1.165, 1.54) is 17.2 Å². The number of rotatable bonds is 7. The molecule has 36 heavy (non-hydrogen) atoms. The highest BCUT2D eigenvalue weighted by molar-refractivity contribution is 5.91. The molecule has 2 bridgehead atoms. The van der Waals surface area contributed by atoms with Crippen LogP contribution in [-0.4, -0.2) is 87.0 Å². The maximum atomic E-state index is 13.4. The van der Waals surface area contributed by atoms with Gasteiger partial charge in [-0.2, -0.15) is 13.2 Å². The first-order valence-corrected chi connectivity index (χ1v) is 11.7. The molecular weight excluding hydrogens is 481 g/mol. The van der Waals surface area contributed by atoms with E-state index in [9.17, 15) is 27.9 Å². The van der Waals surface area contributed by atoms with Crippen LogP contribution in [0.25, 0.3) is 0 Å². The Labute approximate surface area is 205 Å². The van der Waals surface area contributed by atoms with Gasteiger partial charge < -0.3 is 25.7 Å². The van der Waals surface area contributed by atoms with Crippen LogP contribution in [0.3, 0.4) is 0 Å². The molecular formula is C23H29F3N6O4. The number of nitrogens with one attached hydrogen (secondary N) is 3. The number of pyridine rings is 1. The number of hydrogen-bond acceptors (Lipinski definition) is 7. The van der Waals surface area contributed by atoms with Crippen LogP contribution in [-0.2, 0) is 11.2 Å². The number of halogens is 3. The number of anilines is 1. The van der Waals surface area contributed by atoms with E-state index in [0.29, 0.717) is 49.7 Å². The summed E-state index contributed by atoms with van der Waals surface area (Å²) in [6.07, 6.45) is 0.763. The minimum Gasteiger partial charge on any atom is -0.394 e. The number of alkyl halides is 3. The standard InChI is InChI=1S/C23H29F3N6O4/c1-13(23(24,25)26)28-21(35)17-4-5-18-20(29-17)32(15-7-9-31(18)11-15)22(36)30-19-10-14(6-8-27-19)2-3-16(34)12-33/h4-6,8,10,13,15-17,29,33-34H,2-3,7,9,11-12H2,1H3,(H,28,35)(H,27,30,36)/t13-,15+,16?,17?/m1/s1. The third kappa shape index (κ3) is 5.57. The van der Waals surface area contributed by atoms with Gasteiger partial charge in [0.25, 0.3) is 0 Å². The Kier molecular flexibility index (Phi) is 7.41. The van der Waals surface area contributed by atoms with Crippen molar-refractivity contribution >= 4 is 17.8 Å². The zero-order chi connectivity index (χ0) is 26.0. The Morgan fingerprint density at radius 3 is 2.86 bits per heavy atom. The van der Waals surface area contributed by atoms with Gasteiger partial charge in [-0.3, -0.25) is 15.0 Å². The molecule has 3 aliphatic heterocycles. The smallest absolute Gasteiger partial charge is 0.394 e. The number of hydrogen-bond donors (Lipinski definition) is 5. The molecule has 0 aromatic carbocycles. The van der Waals surface area contributed by atoms with Gasteiger partial charge in [-0.15, -0.1) is 0 Å². The summed E-state index contributed by atoms with van der Waals surface area (Å²) in [5.74, 6) is -0.209. The van der Waals surface area contributed by atoms with Gasteiger partial charge in [0.05, 0.1) is 24.4 Å². The Balaban J connectivity index is 1.48. The molecule has 1 fully saturated rings. The van der Waals surface area contributed by atoms with Crippen molar-refractivity contribution in [2.24, 2.45) is 0 Å². The number of nitrogens with zero attached hydrogens (tertiary/aromatic N) is 3. The lowest BCUT2D eigenvalue weighted by molar-refractivity contribution is -0.158. The van der Waals surface area contributed by atoms with Gasteiger partial charge in [-0.25, -0.2) is 9.78 Å². The molecule has 13 heteroatoms. The molecule has 2 unspecified atom stereocenters. The second-order valence-corrected chi connectivity index (χ2v) is 9.10. The third-order valence-electron chi connectivity index (χ3n) is 6.48. The van der Waals surface area contributed by atoms with Gasteiger partial charge in [0.2, 0.25) is 5.91 Å². The van der Waals surface area contributed by atoms with Crippen molar-refractivity contribution in [3.63, 3.8) is 0 Å². The molecule has 4 atom stereocenters. The van der Waals surface area contributed by atoms with Crippen LogP contribution in [0.15, 0.2) is 42.0 Å². The minimum atomic E-state index is -4.57. The molecule has 1 aromatic heterocycles. The predicted octanol–water partition coefficient (Wildman–Crippen LogP) is 1.05. The van der Waals surface area contributed by atoms with Crippen LogP contribution in [0, 0.1) is 0 Å². The van der Waals surface area contributed by atoms with Crippen LogP contribution >= 0.6 is 0 Å². The number of allylic oxidation sites excluding steroid dienone is 1. The second-order valence-electron chi connectivity index (χ2n) is 9.10. The monoisotopic (exact) mass is 510 g/mol. The Morgan fingerprint density at radius 2 is 2.14 bits per heavy atom. The van der Waals surface area contributed by atoms with E-state index in [0.717, 1.165) is 12.5 Å². The first kappa shape index (κ1) is 25.8. The Morgan fingerprint density at radius 1 is 1.36 bits per heavy atom. The van der Waals surface area contributed by atoms with Gasteiger partial charge in [-0.1, -0.05) is 6.08 Å². The average Bonchev–Trinajstić information content (AvgIpc) is 3.25. The van der Waals surface area contributed by atoms with Crippen LogP contribution in [0.4, 0.5) is 23.8 Å². The van der Waals surface area contributed by atoms with E-state index >= 15 is 0 Å². The number of dihydropyridines is 1. The molecule has 1 aromatic rings. The van der Waals surface area contributed by atoms with Crippen LogP contribution < -0.4 is 16.0 Å². The zero-order valence-electron chi connectivity index (χ0n) is 19.6. The van der Waals surface area contributed by atoms with Crippen LogP contribution in [0.2, 0.25) is 0 Å². The first-order chi connectivity index (χ1) is 17.1. The molecule has 10 nitrogen and oxygen atoms in total. The molecule has 3 amide bonds. The first-order valence-electron chi connectivity index (χ1n) is 11.7. The van der Waals surface area contributed by atoms with Gasteiger partial charge >= 0.3 is 12.2 Å². The Bertz CT molecular complexity index is 1060. The van der Waals surface area contributed by atoms with Crippen molar-refractivity contribution in [1.29, 1.82) is 0 Å². The molecule has 3 aliphatic rings. The highest BCUT2D eigenvalue weighted by Gasteiger charge is 2.43. The number of aliphatic hydroxyl groups is 2. The summed E-state index contributed by atoms with van der Waals surface area (Å²) in [6.45, 7) is 1.82. The van der Waals surface area contributed by atoms with Crippen LogP contribution in [0.1, 0.15) is 25.3 Å². The molecule has 0 radical (unpaired) electrons. The molecule has 1 saturated heterocycles. The summed E-state index contributed by atoms with van der Waals surface area (Å²) in [6, 6.07) is -0.358. The van der Waals surface area contributed by atoms with E-state index in [2.05, 4.69) is 20.5 Å². The number of aliphatic hydroxyl groups excluding tert-OH is 2. The molecule has 5 N–H and O–H groups in total. The van der Waals surface area contributed by atoms with Crippen molar-refractivity contribution < 1.29 is 33.0 Å². The van der Waals surface area contributed by atoms with E-state index in [1.54, 1.807) is 18.2 Å². The largest absolute Gasteiger partial charge is 0.408 e. The fourth-order valence-corrected chi connectivity index (χ4v) is 4.44. The van der Waals surface area contributed by atoms with E-state index in [4.69, 9.17) is 5.11 Å². The van der Waals surface area contributed by atoms with E-state index in [1.807, 2.05) is 5.32 Å². The molecule has 0 aliphatic carbocycles. The third-order valence-corrected chi connectivity index (χ3v) is 6.48. The summed E-state index contributed by atoms with van der Waals surface area (Å²) in [5, 5.41) is 26.2. The topological polar surface area (TPSA) is 130 Å². The average molecular weight is 511 g/mol. The van der Waals surface area contributed by atoms with Gasteiger partial charge in [0.1, 0.15) is 23.7 Å². The van der Waals surface area contributed by atoms with E-state index < -0.39 is 36.3 Å². The summed E-state index contributed by atoms with van der Waals surface area (Å²) < 4.78 is 38.7. The lowest BCUT2D eigenvalue weighted by Crippen LogP contribution is -2.57.